The maximum Gasteiger partial charge on any atom is 0.146 e. The van der Waals surface area contributed by atoms with Crippen LogP contribution < -0.4 is 5.73 Å². The molecular formula is C13H12FN. The van der Waals surface area contributed by atoms with Crippen molar-refractivity contribution < 1.29 is 4.39 Å². The highest BCUT2D eigenvalue weighted by Gasteiger charge is 2.07. The van der Waals surface area contributed by atoms with Gasteiger partial charge >= 0.3 is 0 Å². The van der Waals surface area contributed by atoms with Gasteiger partial charge in [-0.2, -0.15) is 0 Å². The van der Waals surface area contributed by atoms with Crippen LogP contribution in [-0.4, -0.2) is 0 Å². The highest BCUT2D eigenvalue weighted by Crippen LogP contribution is 2.28. The molecule has 0 aromatic heterocycles. The third kappa shape index (κ3) is 1.71. The van der Waals surface area contributed by atoms with E-state index in [-0.39, 0.29) is 11.5 Å². The van der Waals surface area contributed by atoms with Crippen LogP contribution in [0.4, 0.5) is 10.1 Å². The zero-order valence-electron chi connectivity index (χ0n) is 8.50. The van der Waals surface area contributed by atoms with Gasteiger partial charge in [0.1, 0.15) is 5.82 Å². The second-order valence-electron chi connectivity index (χ2n) is 3.50. The van der Waals surface area contributed by atoms with E-state index < -0.39 is 0 Å². The van der Waals surface area contributed by atoms with Gasteiger partial charge in [0.2, 0.25) is 0 Å². The zero-order chi connectivity index (χ0) is 10.8. The Hall–Kier alpha value is -1.83. The predicted molar refractivity (Wildman–Crippen MR) is 61.0 cm³/mol. The number of nitrogen functional groups attached to an aromatic ring is 1. The Labute approximate surface area is 88.4 Å². The van der Waals surface area contributed by atoms with E-state index in [9.17, 15) is 4.39 Å². The first-order valence-electron chi connectivity index (χ1n) is 4.80. The first kappa shape index (κ1) is 9.71. The summed E-state index contributed by atoms with van der Waals surface area (Å²) in [6, 6.07) is 13.0. The van der Waals surface area contributed by atoms with Crippen molar-refractivity contribution in [1.29, 1.82) is 0 Å². The van der Waals surface area contributed by atoms with Gasteiger partial charge in [0.25, 0.3) is 0 Å². The summed E-state index contributed by atoms with van der Waals surface area (Å²) in [7, 11) is 0. The van der Waals surface area contributed by atoms with Crippen LogP contribution in [0.5, 0.6) is 0 Å². The molecule has 0 amide bonds. The third-order valence-corrected chi connectivity index (χ3v) is 2.55. The maximum absolute atomic E-state index is 13.2. The molecule has 0 radical (unpaired) electrons. The van der Waals surface area contributed by atoms with E-state index in [2.05, 4.69) is 0 Å². The fraction of sp³-hybridized carbons (Fsp3) is 0.0769. The maximum atomic E-state index is 13.2. The van der Waals surface area contributed by atoms with Crippen molar-refractivity contribution in [2.75, 3.05) is 5.73 Å². The molecule has 0 bridgehead atoms. The van der Waals surface area contributed by atoms with Gasteiger partial charge < -0.3 is 5.73 Å². The number of hydrogen-bond donors (Lipinski definition) is 1. The molecule has 2 N–H and O–H groups in total. The molecule has 2 aromatic carbocycles. The van der Waals surface area contributed by atoms with Gasteiger partial charge in [0.05, 0.1) is 5.69 Å². The highest BCUT2D eigenvalue weighted by molar-refractivity contribution is 5.72. The van der Waals surface area contributed by atoms with Gasteiger partial charge in [-0.1, -0.05) is 36.4 Å². The summed E-state index contributed by atoms with van der Waals surface area (Å²) in [5, 5.41) is 0. The molecule has 0 aliphatic heterocycles. The Kier molecular flexibility index (Phi) is 2.42. The van der Waals surface area contributed by atoms with E-state index in [1.807, 2.05) is 37.3 Å². The topological polar surface area (TPSA) is 26.0 Å². The SMILES string of the molecule is Cc1c(-c2ccccc2)ccc(F)c1N. The van der Waals surface area contributed by atoms with Gasteiger partial charge in [-0.3, -0.25) is 0 Å². The molecule has 0 spiro atoms. The average Bonchev–Trinajstić information content (AvgIpc) is 2.27. The van der Waals surface area contributed by atoms with Crippen LogP contribution in [0.1, 0.15) is 5.56 Å². The molecular weight excluding hydrogens is 189 g/mol. The standard InChI is InChI=1S/C13H12FN/c1-9-11(7-8-12(14)13(9)15)10-5-3-2-4-6-10/h2-8H,15H2,1H3. The number of anilines is 1. The lowest BCUT2D eigenvalue weighted by atomic mass is 9.99. The molecule has 0 saturated heterocycles. The summed E-state index contributed by atoms with van der Waals surface area (Å²) >= 11 is 0. The van der Waals surface area contributed by atoms with E-state index in [1.54, 1.807) is 6.07 Å². The predicted octanol–water partition coefficient (Wildman–Crippen LogP) is 3.38. The van der Waals surface area contributed by atoms with Crippen LogP contribution in [0.25, 0.3) is 11.1 Å². The van der Waals surface area contributed by atoms with Gasteiger partial charge in [0.15, 0.2) is 0 Å². The van der Waals surface area contributed by atoms with Gasteiger partial charge in [-0.25, -0.2) is 4.39 Å². The first-order valence-corrected chi connectivity index (χ1v) is 4.80. The lowest BCUT2D eigenvalue weighted by Crippen LogP contribution is -1.96. The van der Waals surface area contributed by atoms with E-state index in [1.165, 1.54) is 6.07 Å². The van der Waals surface area contributed by atoms with Crippen molar-refractivity contribution in [1.82, 2.24) is 0 Å². The van der Waals surface area contributed by atoms with Crippen molar-refractivity contribution in [2.45, 2.75) is 6.92 Å². The number of halogens is 1. The van der Waals surface area contributed by atoms with Gasteiger partial charge in [0, 0.05) is 0 Å². The minimum absolute atomic E-state index is 0.233. The van der Waals surface area contributed by atoms with Crippen molar-refractivity contribution in [3.63, 3.8) is 0 Å². The van der Waals surface area contributed by atoms with E-state index in [4.69, 9.17) is 5.73 Å². The summed E-state index contributed by atoms with van der Waals surface area (Å²) in [5.41, 5.74) is 8.71. The molecule has 0 heterocycles. The molecule has 2 heteroatoms. The van der Waals surface area contributed by atoms with Crippen LogP contribution >= 0.6 is 0 Å². The Bertz CT molecular complexity index is 477. The monoisotopic (exact) mass is 201 g/mol. The third-order valence-electron chi connectivity index (χ3n) is 2.55. The van der Waals surface area contributed by atoms with Crippen LogP contribution in [0, 0.1) is 12.7 Å². The molecule has 0 fully saturated rings. The smallest absolute Gasteiger partial charge is 0.146 e. The average molecular weight is 201 g/mol. The molecule has 0 saturated carbocycles. The fourth-order valence-electron chi connectivity index (χ4n) is 1.63. The molecule has 0 atom stereocenters. The Balaban J connectivity index is 2.60. The van der Waals surface area contributed by atoms with E-state index in [0.29, 0.717) is 0 Å². The Morgan fingerprint density at radius 2 is 1.67 bits per heavy atom. The molecule has 76 valence electrons. The molecule has 15 heavy (non-hydrogen) atoms. The number of nitrogens with two attached hydrogens (primary N) is 1. The second-order valence-corrected chi connectivity index (χ2v) is 3.50. The molecule has 1 nitrogen and oxygen atoms in total. The minimum atomic E-state index is -0.354. The van der Waals surface area contributed by atoms with Crippen molar-refractivity contribution in [3.05, 3.63) is 53.8 Å². The fourth-order valence-corrected chi connectivity index (χ4v) is 1.63. The summed E-state index contributed by atoms with van der Waals surface area (Å²) in [5.74, 6) is -0.354. The first-order chi connectivity index (χ1) is 7.20. The summed E-state index contributed by atoms with van der Waals surface area (Å²) in [6.07, 6.45) is 0. The minimum Gasteiger partial charge on any atom is -0.396 e. The van der Waals surface area contributed by atoms with Gasteiger partial charge in [-0.15, -0.1) is 0 Å². The normalized spacial score (nSPS) is 10.3. The molecule has 0 unspecified atom stereocenters. The summed E-state index contributed by atoms with van der Waals surface area (Å²) < 4.78 is 13.2. The van der Waals surface area contributed by atoms with E-state index in [0.717, 1.165) is 16.7 Å². The quantitative estimate of drug-likeness (QED) is 0.703. The lowest BCUT2D eigenvalue weighted by molar-refractivity contribution is 0.632. The summed E-state index contributed by atoms with van der Waals surface area (Å²) in [6.45, 7) is 1.83. The van der Waals surface area contributed by atoms with Crippen LogP contribution in [0.2, 0.25) is 0 Å². The largest absolute Gasteiger partial charge is 0.396 e. The zero-order valence-corrected chi connectivity index (χ0v) is 8.50. The Morgan fingerprint density at radius 1 is 1.00 bits per heavy atom. The number of rotatable bonds is 1. The van der Waals surface area contributed by atoms with E-state index >= 15 is 0 Å². The summed E-state index contributed by atoms with van der Waals surface area (Å²) in [4.78, 5) is 0. The highest BCUT2D eigenvalue weighted by atomic mass is 19.1. The number of hydrogen-bond acceptors (Lipinski definition) is 1. The van der Waals surface area contributed by atoms with Crippen molar-refractivity contribution in [3.8, 4) is 11.1 Å². The molecule has 0 aliphatic rings. The number of benzene rings is 2. The van der Waals surface area contributed by atoms with Crippen LogP contribution in [0.3, 0.4) is 0 Å². The van der Waals surface area contributed by atoms with Crippen molar-refractivity contribution >= 4 is 5.69 Å². The van der Waals surface area contributed by atoms with Crippen LogP contribution in [0.15, 0.2) is 42.5 Å². The van der Waals surface area contributed by atoms with Crippen LogP contribution in [-0.2, 0) is 0 Å². The Morgan fingerprint density at radius 3 is 2.33 bits per heavy atom. The van der Waals surface area contributed by atoms with Gasteiger partial charge in [-0.05, 0) is 29.7 Å². The van der Waals surface area contributed by atoms with Crippen molar-refractivity contribution in [2.24, 2.45) is 0 Å². The lowest BCUT2D eigenvalue weighted by Gasteiger charge is -2.09. The second kappa shape index (κ2) is 3.73. The molecule has 0 aliphatic carbocycles. The molecule has 2 aromatic rings. The molecule has 2 rings (SSSR count).